The van der Waals surface area contributed by atoms with Crippen molar-refractivity contribution in [2.45, 2.75) is 19.4 Å². The molecule has 1 aliphatic heterocycles. The van der Waals surface area contributed by atoms with Crippen molar-refractivity contribution >= 4 is 0 Å². The zero-order chi connectivity index (χ0) is 9.80. The Kier molecular flexibility index (Phi) is 3.03. The Morgan fingerprint density at radius 3 is 3.36 bits per heavy atom. The van der Waals surface area contributed by atoms with Crippen molar-refractivity contribution < 1.29 is 4.74 Å². The smallest absolute Gasteiger partial charge is 0.211 e. The molecule has 0 aliphatic carbocycles. The predicted octanol–water partition coefficient (Wildman–Crippen LogP) is 0.891. The summed E-state index contributed by atoms with van der Waals surface area (Å²) in [6, 6.07) is 1.90. The van der Waals surface area contributed by atoms with Gasteiger partial charge >= 0.3 is 0 Å². The summed E-state index contributed by atoms with van der Waals surface area (Å²) in [6.07, 6.45) is 4.35. The molecule has 1 unspecified atom stereocenters. The van der Waals surface area contributed by atoms with Gasteiger partial charge in [-0.2, -0.15) is 5.10 Å². The van der Waals surface area contributed by atoms with E-state index in [2.05, 4.69) is 10.4 Å². The maximum atomic E-state index is 5.21. The van der Waals surface area contributed by atoms with Crippen molar-refractivity contribution in [3.63, 3.8) is 0 Å². The highest BCUT2D eigenvalue weighted by Crippen LogP contribution is 2.16. The number of hydrogen-bond donors (Lipinski definition) is 1. The van der Waals surface area contributed by atoms with Crippen molar-refractivity contribution in [2.24, 2.45) is 5.92 Å². The van der Waals surface area contributed by atoms with Gasteiger partial charge in [-0.25, -0.2) is 4.68 Å². The minimum Gasteiger partial charge on any atom is -0.481 e. The van der Waals surface area contributed by atoms with Gasteiger partial charge in [0.15, 0.2) is 0 Å². The Morgan fingerprint density at radius 1 is 1.71 bits per heavy atom. The van der Waals surface area contributed by atoms with Crippen LogP contribution in [0, 0.1) is 5.92 Å². The molecule has 1 aromatic rings. The van der Waals surface area contributed by atoms with Gasteiger partial charge < -0.3 is 10.1 Å². The zero-order valence-corrected chi connectivity index (χ0v) is 8.57. The summed E-state index contributed by atoms with van der Waals surface area (Å²) in [5.74, 6) is 1.55. The van der Waals surface area contributed by atoms with Gasteiger partial charge in [-0.3, -0.25) is 0 Å². The molecule has 1 N–H and O–H groups in total. The lowest BCUT2D eigenvalue weighted by molar-refractivity contribution is 0.293. The lowest BCUT2D eigenvalue weighted by Crippen LogP contribution is -2.32. The SMILES string of the molecule is COc1ccnn1CC1CCCNC1. The first-order valence-corrected chi connectivity index (χ1v) is 5.16. The summed E-state index contributed by atoms with van der Waals surface area (Å²) < 4.78 is 7.15. The van der Waals surface area contributed by atoms with Crippen LogP contribution in [0.25, 0.3) is 0 Å². The second kappa shape index (κ2) is 4.46. The molecule has 0 amide bonds. The lowest BCUT2D eigenvalue weighted by atomic mass is 10.00. The van der Waals surface area contributed by atoms with E-state index in [9.17, 15) is 0 Å². The number of aromatic nitrogens is 2. The Hall–Kier alpha value is -1.03. The Balaban J connectivity index is 1.95. The molecule has 0 aromatic carbocycles. The number of rotatable bonds is 3. The van der Waals surface area contributed by atoms with Crippen molar-refractivity contribution in [2.75, 3.05) is 20.2 Å². The van der Waals surface area contributed by atoms with Gasteiger partial charge in [0.2, 0.25) is 5.88 Å². The van der Waals surface area contributed by atoms with Crippen molar-refractivity contribution in [1.82, 2.24) is 15.1 Å². The van der Waals surface area contributed by atoms with Gasteiger partial charge in [0.05, 0.1) is 13.3 Å². The Labute approximate surface area is 84.3 Å². The molecule has 78 valence electrons. The van der Waals surface area contributed by atoms with Gasteiger partial charge in [-0.1, -0.05) is 0 Å². The fourth-order valence-corrected chi connectivity index (χ4v) is 1.96. The van der Waals surface area contributed by atoms with E-state index in [0.29, 0.717) is 5.92 Å². The number of piperidine rings is 1. The average Bonchev–Trinajstić information content (AvgIpc) is 2.67. The monoisotopic (exact) mass is 195 g/mol. The van der Waals surface area contributed by atoms with Crippen LogP contribution in [0.15, 0.2) is 12.3 Å². The van der Waals surface area contributed by atoms with Crippen LogP contribution in [0.1, 0.15) is 12.8 Å². The quantitative estimate of drug-likeness (QED) is 0.778. The van der Waals surface area contributed by atoms with Crippen LogP contribution in [0.2, 0.25) is 0 Å². The molecule has 1 atom stereocenters. The van der Waals surface area contributed by atoms with Crippen LogP contribution >= 0.6 is 0 Å². The first-order valence-electron chi connectivity index (χ1n) is 5.16. The fraction of sp³-hybridized carbons (Fsp3) is 0.700. The minimum atomic E-state index is 0.692. The van der Waals surface area contributed by atoms with E-state index < -0.39 is 0 Å². The summed E-state index contributed by atoms with van der Waals surface area (Å²) in [4.78, 5) is 0. The zero-order valence-electron chi connectivity index (χ0n) is 8.57. The summed E-state index contributed by atoms with van der Waals surface area (Å²) >= 11 is 0. The molecule has 0 radical (unpaired) electrons. The second-order valence-electron chi connectivity index (χ2n) is 3.77. The molecule has 1 aliphatic rings. The number of methoxy groups -OCH3 is 1. The number of hydrogen-bond acceptors (Lipinski definition) is 3. The molecule has 14 heavy (non-hydrogen) atoms. The van der Waals surface area contributed by atoms with Gasteiger partial charge in [0.25, 0.3) is 0 Å². The fourth-order valence-electron chi connectivity index (χ4n) is 1.96. The van der Waals surface area contributed by atoms with Crippen LogP contribution in [0.3, 0.4) is 0 Å². The van der Waals surface area contributed by atoms with Crippen LogP contribution < -0.4 is 10.1 Å². The normalized spacial score (nSPS) is 22.2. The molecule has 0 spiro atoms. The number of nitrogens with one attached hydrogen (secondary N) is 1. The van der Waals surface area contributed by atoms with E-state index in [-0.39, 0.29) is 0 Å². The number of nitrogens with zero attached hydrogens (tertiary/aromatic N) is 2. The third kappa shape index (κ3) is 2.07. The molecule has 4 heteroatoms. The van der Waals surface area contributed by atoms with Crippen LogP contribution in [0.4, 0.5) is 0 Å². The maximum absolute atomic E-state index is 5.21. The van der Waals surface area contributed by atoms with Crippen molar-refractivity contribution in [3.8, 4) is 5.88 Å². The predicted molar refractivity (Wildman–Crippen MR) is 54.4 cm³/mol. The number of ether oxygens (including phenoxy) is 1. The van der Waals surface area contributed by atoms with Gasteiger partial charge in [-0.15, -0.1) is 0 Å². The van der Waals surface area contributed by atoms with Crippen molar-refractivity contribution in [1.29, 1.82) is 0 Å². The van der Waals surface area contributed by atoms with Crippen LogP contribution in [-0.2, 0) is 6.54 Å². The third-order valence-corrected chi connectivity index (χ3v) is 2.72. The van der Waals surface area contributed by atoms with E-state index in [1.807, 2.05) is 10.7 Å². The summed E-state index contributed by atoms with van der Waals surface area (Å²) in [5.41, 5.74) is 0. The minimum absolute atomic E-state index is 0.692. The Bertz CT molecular complexity index is 279. The average molecular weight is 195 g/mol. The lowest BCUT2D eigenvalue weighted by Gasteiger charge is -2.22. The van der Waals surface area contributed by atoms with Gasteiger partial charge in [0, 0.05) is 12.6 Å². The van der Waals surface area contributed by atoms with E-state index in [1.165, 1.54) is 12.8 Å². The maximum Gasteiger partial charge on any atom is 0.211 e. The van der Waals surface area contributed by atoms with E-state index >= 15 is 0 Å². The molecule has 1 aromatic heterocycles. The largest absolute Gasteiger partial charge is 0.481 e. The van der Waals surface area contributed by atoms with Gasteiger partial charge in [0.1, 0.15) is 0 Å². The van der Waals surface area contributed by atoms with E-state index in [4.69, 9.17) is 4.74 Å². The highest BCUT2D eigenvalue weighted by molar-refractivity contribution is 5.07. The summed E-state index contributed by atoms with van der Waals surface area (Å²) in [5, 5.41) is 7.65. The third-order valence-electron chi connectivity index (χ3n) is 2.72. The summed E-state index contributed by atoms with van der Waals surface area (Å²) in [7, 11) is 1.69. The second-order valence-corrected chi connectivity index (χ2v) is 3.77. The first-order chi connectivity index (χ1) is 6.90. The molecular weight excluding hydrogens is 178 g/mol. The molecule has 2 heterocycles. The molecule has 1 saturated heterocycles. The Morgan fingerprint density at radius 2 is 2.64 bits per heavy atom. The first kappa shape index (κ1) is 9.52. The van der Waals surface area contributed by atoms with Crippen molar-refractivity contribution in [3.05, 3.63) is 12.3 Å². The van der Waals surface area contributed by atoms with E-state index in [1.54, 1.807) is 13.3 Å². The van der Waals surface area contributed by atoms with Crippen LogP contribution in [0.5, 0.6) is 5.88 Å². The summed E-state index contributed by atoms with van der Waals surface area (Å²) in [6.45, 7) is 3.22. The van der Waals surface area contributed by atoms with E-state index in [0.717, 1.165) is 25.5 Å². The molecule has 0 bridgehead atoms. The standard InChI is InChI=1S/C10H17N3O/c1-14-10-4-6-12-13(10)8-9-3-2-5-11-7-9/h4,6,9,11H,2-3,5,7-8H2,1H3. The van der Waals surface area contributed by atoms with Crippen LogP contribution in [-0.4, -0.2) is 30.0 Å². The highest BCUT2D eigenvalue weighted by atomic mass is 16.5. The molecule has 2 rings (SSSR count). The molecular formula is C10H17N3O. The molecule has 1 fully saturated rings. The molecule has 4 nitrogen and oxygen atoms in total. The highest BCUT2D eigenvalue weighted by Gasteiger charge is 2.15. The van der Waals surface area contributed by atoms with Gasteiger partial charge in [-0.05, 0) is 31.8 Å². The molecule has 0 saturated carbocycles. The topological polar surface area (TPSA) is 39.1 Å².